The predicted molar refractivity (Wildman–Crippen MR) is 245 cm³/mol. The Balaban J connectivity index is 1.07. The molecule has 0 amide bonds. The van der Waals surface area contributed by atoms with Crippen molar-refractivity contribution in [3.63, 3.8) is 0 Å². The molecule has 1 spiro atoms. The van der Waals surface area contributed by atoms with Crippen LogP contribution in [-0.4, -0.2) is 0 Å². The zero-order valence-corrected chi connectivity index (χ0v) is 32.0. The third kappa shape index (κ3) is 5.10. The number of furan rings is 1. The van der Waals surface area contributed by atoms with Crippen molar-refractivity contribution in [2.24, 2.45) is 0 Å². The lowest BCUT2D eigenvalue weighted by molar-refractivity contribution is 0.669. The molecule has 2 heterocycles. The molecular formula is C55H36N2OS. The molecule has 1 aliphatic carbocycles. The molecule has 0 unspecified atom stereocenters. The molecule has 1 aromatic heterocycles. The maximum absolute atomic E-state index is 8.95. The molecule has 0 saturated heterocycles. The second-order valence-electron chi connectivity index (χ2n) is 14.5. The van der Waals surface area contributed by atoms with Gasteiger partial charge in [0.2, 0.25) is 0 Å². The van der Waals surface area contributed by atoms with Gasteiger partial charge in [0.25, 0.3) is 0 Å². The van der Waals surface area contributed by atoms with Gasteiger partial charge in [-0.3, -0.25) is 0 Å². The summed E-state index contributed by atoms with van der Waals surface area (Å²) in [5, 5.41) is 1.47. The average molecular weight is 783 g/mol. The Labute approximate surface area is 361 Å². The van der Waals surface area contributed by atoms with E-state index in [0.29, 0.717) is 16.6 Å². The smallest absolute Gasteiger partial charge is 0.159 e. The summed E-state index contributed by atoms with van der Waals surface area (Å²) in [7, 11) is 0. The molecule has 3 nitrogen and oxygen atoms in total. The van der Waals surface area contributed by atoms with Crippen LogP contribution in [0, 0.1) is 0 Å². The number of para-hydroxylation sites is 4. The average Bonchev–Trinajstić information content (AvgIpc) is 3.90. The summed E-state index contributed by atoms with van der Waals surface area (Å²) >= 11 is 1.80. The summed E-state index contributed by atoms with van der Waals surface area (Å²) in [6.07, 6.45) is 0. The standard InChI is InChI=1S/C55H36N2OS/c1-4-17-37(18-5-1)56(38-19-6-2-7-20-38)41-31-33-43-44-24-16-28-50(54(44)58-51(43)36-41)57(39-21-8-3-9-22-39)40-32-34-47-45(35-40)42-23-10-11-25-46(42)55(47)48-26-12-14-29-52(48)59-53-30-15-13-27-49(53)55/h1-36H/i1D,2D,4D,5D,6D,7D,17D,18D,19D,20D. The summed E-state index contributed by atoms with van der Waals surface area (Å²) in [6, 6.07) is 47.5. The van der Waals surface area contributed by atoms with Crippen LogP contribution in [0.3, 0.4) is 0 Å². The Morgan fingerprint density at radius 1 is 0.424 bits per heavy atom. The first-order valence-corrected chi connectivity index (χ1v) is 20.1. The fourth-order valence-electron chi connectivity index (χ4n) is 9.16. The Morgan fingerprint density at radius 3 is 1.73 bits per heavy atom. The third-order valence-corrected chi connectivity index (χ3v) is 12.6. The van der Waals surface area contributed by atoms with Crippen molar-refractivity contribution < 1.29 is 18.1 Å². The van der Waals surface area contributed by atoms with Gasteiger partial charge in [0.15, 0.2) is 5.58 Å². The van der Waals surface area contributed by atoms with E-state index in [1.165, 1.54) is 32.0 Å². The highest BCUT2D eigenvalue weighted by molar-refractivity contribution is 7.99. The second-order valence-corrected chi connectivity index (χ2v) is 15.6. The summed E-state index contributed by atoms with van der Waals surface area (Å²) in [5.41, 5.74) is 9.39. The molecule has 0 radical (unpaired) electrons. The molecule has 0 N–H and O–H groups in total. The lowest BCUT2D eigenvalue weighted by Gasteiger charge is -2.39. The highest BCUT2D eigenvalue weighted by atomic mass is 32.2. The molecule has 0 saturated carbocycles. The molecular weight excluding hydrogens is 737 g/mol. The number of benzene rings is 9. The zero-order chi connectivity index (χ0) is 47.6. The largest absolute Gasteiger partial charge is 0.454 e. The van der Waals surface area contributed by atoms with Crippen molar-refractivity contribution in [1.82, 2.24) is 0 Å². The van der Waals surface area contributed by atoms with E-state index in [1.54, 1.807) is 30.0 Å². The zero-order valence-electron chi connectivity index (χ0n) is 41.2. The summed E-state index contributed by atoms with van der Waals surface area (Å²) < 4.78 is 93.3. The maximum atomic E-state index is 8.95. The van der Waals surface area contributed by atoms with Gasteiger partial charge in [0.1, 0.15) is 5.58 Å². The van der Waals surface area contributed by atoms with Gasteiger partial charge < -0.3 is 14.2 Å². The third-order valence-electron chi connectivity index (χ3n) is 11.5. The van der Waals surface area contributed by atoms with Crippen molar-refractivity contribution in [2.45, 2.75) is 15.2 Å². The van der Waals surface area contributed by atoms with E-state index in [4.69, 9.17) is 18.1 Å². The van der Waals surface area contributed by atoms with Gasteiger partial charge in [-0.25, -0.2) is 0 Å². The topological polar surface area (TPSA) is 19.6 Å². The van der Waals surface area contributed by atoms with E-state index in [1.807, 2.05) is 48.5 Å². The van der Waals surface area contributed by atoms with Crippen molar-refractivity contribution in [2.75, 3.05) is 9.80 Å². The first kappa shape index (κ1) is 25.2. The minimum atomic E-state index is -0.642. The van der Waals surface area contributed by atoms with E-state index in [2.05, 4.69) is 95.9 Å². The Bertz CT molecular complexity index is 3650. The Morgan fingerprint density at radius 2 is 1.02 bits per heavy atom. The number of fused-ring (bicyclic) bond motifs is 12. The van der Waals surface area contributed by atoms with Crippen LogP contribution >= 0.6 is 11.8 Å². The molecule has 0 fully saturated rings. The van der Waals surface area contributed by atoms with Crippen molar-refractivity contribution >= 4 is 67.8 Å². The monoisotopic (exact) mass is 782 g/mol. The first-order chi connectivity index (χ1) is 33.4. The summed E-state index contributed by atoms with van der Waals surface area (Å²) in [4.78, 5) is 5.75. The van der Waals surface area contributed by atoms with Crippen LogP contribution in [0.25, 0.3) is 33.1 Å². The fourth-order valence-corrected chi connectivity index (χ4v) is 10.4. The molecule has 59 heavy (non-hydrogen) atoms. The van der Waals surface area contributed by atoms with Crippen LogP contribution in [0.2, 0.25) is 0 Å². The number of nitrogens with zero attached hydrogens (tertiary/aromatic N) is 2. The molecule has 2 aliphatic rings. The quantitative estimate of drug-likeness (QED) is 0.167. The fraction of sp³-hybridized carbons (Fsp3) is 0.0182. The maximum Gasteiger partial charge on any atom is 0.159 e. The number of rotatable bonds is 6. The Kier molecular flexibility index (Phi) is 5.72. The summed E-state index contributed by atoms with van der Waals surface area (Å²) in [5.74, 6) is 0. The first-order valence-electron chi connectivity index (χ1n) is 24.3. The number of hydrogen-bond donors (Lipinski definition) is 0. The van der Waals surface area contributed by atoms with E-state index in [9.17, 15) is 0 Å². The SMILES string of the molecule is [2H]c1c([2H])c([2H])c(N(c2ccc3c(c2)oc2c(N(c4ccccc4)c4ccc5c(c4)-c4ccccc4C54c5ccccc5Sc5ccccc54)cccc23)c2c([2H])c([2H])c([2H])c([2H])c2[2H])c([2H])c1[2H]. The van der Waals surface area contributed by atoms with Crippen LogP contribution in [0.4, 0.5) is 34.1 Å². The molecule has 4 heteroatoms. The molecule has 9 aromatic carbocycles. The minimum absolute atomic E-state index is 0.149. The number of hydrogen-bond acceptors (Lipinski definition) is 4. The molecule has 278 valence electrons. The van der Waals surface area contributed by atoms with Gasteiger partial charge in [-0.05, 0) is 112 Å². The van der Waals surface area contributed by atoms with Crippen molar-refractivity contribution in [3.05, 3.63) is 240 Å². The van der Waals surface area contributed by atoms with Crippen molar-refractivity contribution in [3.8, 4) is 11.1 Å². The minimum Gasteiger partial charge on any atom is -0.454 e. The van der Waals surface area contributed by atoms with Gasteiger partial charge in [-0.1, -0.05) is 145 Å². The van der Waals surface area contributed by atoms with Gasteiger partial charge in [-0.15, -0.1) is 0 Å². The Hall–Kier alpha value is -7.27. The highest BCUT2D eigenvalue weighted by Crippen LogP contribution is 2.62. The van der Waals surface area contributed by atoms with Crippen LogP contribution in [0.5, 0.6) is 0 Å². The van der Waals surface area contributed by atoms with Gasteiger partial charge in [-0.2, -0.15) is 0 Å². The molecule has 0 atom stereocenters. The normalized spacial score (nSPS) is 15.5. The highest BCUT2D eigenvalue weighted by Gasteiger charge is 2.50. The van der Waals surface area contributed by atoms with Gasteiger partial charge >= 0.3 is 0 Å². The van der Waals surface area contributed by atoms with Crippen molar-refractivity contribution in [1.29, 1.82) is 0 Å². The summed E-state index contributed by atoms with van der Waals surface area (Å²) in [6.45, 7) is 0. The van der Waals surface area contributed by atoms with Crippen LogP contribution in [-0.2, 0) is 5.41 Å². The molecule has 0 bridgehead atoms. The van der Waals surface area contributed by atoms with Gasteiger partial charge in [0.05, 0.1) is 24.8 Å². The second kappa shape index (κ2) is 13.4. The van der Waals surface area contributed by atoms with E-state index < -0.39 is 65.8 Å². The molecule has 1 aliphatic heterocycles. The predicted octanol–water partition coefficient (Wildman–Crippen LogP) is 15.4. The van der Waals surface area contributed by atoms with E-state index in [0.717, 1.165) is 38.5 Å². The van der Waals surface area contributed by atoms with Crippen LogP contribution in [0.1, 0.15) is 36.0 Å². The lowest BCUT2D eigenvalue weighted by Crippen LogP contribution is -2.31. The van der Waals surface area contributed by atoms with E-state index in [-0.39, 0.29) is 17.1 Å². The van der Waals surface area contributed by atoms with Crippen LogP contribution in [0.15, 0.2) is 232 Å². The lowest BCUT2D eigenvalue weighted by atomic mass is 9.67. The molecule has 10 aromatic rings. The molecule has 12 rings (SSSR count). The number of anilines is 6. The van der Waals surface area contributed by atoms with E-state index >= 15 is 0 Å². The van der Waals surface area contributed by atoms with Crippen LogP contribution < -0.4 is 9.80 Å². The van der Waals surface area contributed by atoms with Gasteiger partial charge in [0, 0.05) is 55.1 Å².